The maximum atomic E-state index is 14.4. The molecule has 2 atom stereocenters. The van der Waals surface area contributed by atoms with Crippen molar-refractivity contribution in [2.24, 2.45) is 0 Å². The van der Waals surface area contributed by atoms with Gasteiger partial charge in [-0.05, 0) is 35.4 Å². The second-order valence-electron chi connectivity index (χ2n) is 8.25. The van der Waals surface area contributed by atoms with Crippen molar-refractivity contribution >= 4 is 6.16 Å². The van der Waals surface area contributed by atoms with Crippen LogP contribution in [0.3, 0.4) is 0 Å². The average molecular weight is 497 g/mol. The zero-order chi connectivity index (χ0) is 25.1. The quantitative estimate of drug-likeness (QED) is 0.434. The molecule has 0 aliphatic carbocycles. The SMILES string of the molecule is COC(=O)OCOC1=CC=CN2C1=CN1CCOC[C@H]1N2[C@@H](c1ccccc1)c1ccc(F)c(F)c1. The molecular weight excluding hydrogens is 472 g/mol. The third-order valence-electron chi connectivity index (χ3n) is 6.16. The predicted molar refractivity (Wildman–Crippen MR) is 124 cm³/mol. The third kappa shape index (κ3) is 4.65. The van der Waals surface area contributed by atoms with Crippen molar-refractivity contribution in [1.29, 1.82) is 0 Å². The molecule has 0 saturated carbocycles. The summed E-state index contributed by atoms with van der Waals surface area (Å²) >= 11 is 0. The highest BCUT2D eigenvalue weighted by atomic mass is 19.2. The second-order valence-corrected chi connectivity index (χ2v) is 8.25. The Kier molecular flexibility index (Phi) is 6.88. The largest absolute Gasteiger partial charge is 0.510 e. The summed E-state index contributed by atoms with van der Waals surface area (Å²) in [5, 5.41) is 3.97. The molecule has 188 valence electrons. The molecule has 0 N–H and O–H groups in total. The van der Waals surface area contributed by atoms with E-state index in [2.05, 4.69) is 14.6 Å². The van der Waals surface area contributed by atoms with Crippen LogP contribution in [0.2, 0.25) is 0 Å². The summed E-state index contributed by atoms with van der Waals surface area (Å²) < 4.78 is 49.3. The number of methoxy groups -OCH3 is 1. The minimum Gasteiger partial charge on any atom is -0.455 e. The van der Waals surface area contributed by atoms with Gasteiger partial charge in [0.25, 0.3) is 0 Å². The van der Waals surface area contributed by atoms with E-state index in [0.29, 0.717) is 36.8 Å². The fourth-order valence-corrected chi connectivity index (χ4v) is 4.53. The number of ether oxygens (including phenoxy) is 4. The number of hydrazine groups is 1. The van der Waals surface area contributed by atoms with E-state index in [1.54, 1.807) is 18.2 Å². The van der Waals surface area contributed by atoms with Gasteiger partial charge in [0.05, 0.1) is 26.4 Å². The molecule has 0 aromatic heterocycles. The van der Waals surface area contributed by atoms with E-state index in [9.17, 15) is 13.6 Å². The molecule has 1 saturated heterocycles. The Morgan fingerprint density at radius 1 is 1.14 bits per heavy atom. The Labute approximate surface area is 207 Å². The molecule has 5 rings (SSSR count). The van der Waals surface area contributed by atoms with Gasteiger partial charge >= 0.3 is 6.16 Å². The van der Waals surface area contributed by atoms with Gasteiger partial charge in [-0.3, -0.25) is 5.01 Å². The van der Waals surface area contributed by atoms with Crippen LogP contribution >= 0.6 is 0 Å². The summed E-state index contributed by atoms with van der Waals surface area (Å²) in [7, 11) is 1.22. The van der Waals surface area contributed by atoms with Crippen molar-refractivity contribution in [1.82, 2.24) is 14.9 Å². The first-order valence-corrected chi connectivity index (χ1v) is 11.4. The monoisotopic (exact) mass is 497 g/mol. The van der Waals surface area contributed by atoms with Crippen molar-refractivity contribution in [3.05, 3.63) is 107 Å². The molecule has 3 heterocycles. The summed E-state index contributed by atoms with van der Waals surface area (Å²) in [6.07, 6.45) is 6.29. The minimum atomic E-state index is -0.920. The maximum Gasteiger partial charge on any atom is 0.510 e. The Morgan fingerprint density at radius 2 is 1.97 bits per heavy atom. The number of hydrogen-bond acceptors (Lipinski definition) is 8. The molecule has 8 nitrogen and oxygen atoms in total. The minimum absolute atomic E-state index is 0.240. The van der Waals surface area contributed by atoms with Gasteiger partial charge in [-0.2, -0.15) is 5.01 Å². The highest BCUT2D eigenvalue weighted by Gasteiger charge is 2.43. The first kappa shape index (κ1) is 23.8. The van der Waals surface area contributed by atoms with E-state index in [0.717, 1.165) is 11.6 Å². The molecule has 10 heteroatoms. The standard InChI is InChI=1S/C26H25F2N3O5/c1-33-26(32)36-17-35-23-8-5-11-30-22(23)15-29-12-13-34-16-24(29)31(30)25(18-6-3-2-4-7-18)19-9-10-20(27)21(28)14-19/h2-11,14-15,24-25H,12-13,16-17H2,1H3/t24-,25+/m1/s1. The number of allylic oxidation sites excluding steroid dienone is 2. The summed E-state index contributed by atoms with van der Waals surface area (Å²) in [6.45, 7) is 1.21. The van der Waals surface area contributed by atoms with Gasteiger partial charge in [0.15, 0.2) is 11.6 Å². The molecule has 3 aliphatic rings. The van der Waals surface area contributed by atoms with Crippen LogP contribution in [0.1, 0.15) is 17.2 Å². The van der Waals surface area contributed by atoms with Crippen LogP contribution in [0.5, 0.6) is 0 Å². The Morgan fingerprint density at radius 3 is 2.75 bits per heavy atom. The lowest BCUT2D eigenvalue weighted by atomic mass is 9.96. The number of benzene rings is 2. The average Bonchev–Trinajstić information content (AvgIpc) is 2.91. The van der Waals surface area contributed by atoms with Crippen molar-refractivity contribution < 1.29 is 32.5 Å². The topological polar surface area (TPSA) is 63.7 Å². The number of halogens is 2. The summed E-state index contributed by atoms with van der Waals surface area (Å²) in [4.78, 5) is 13.5. The van der Waals surface area contributed by atoms with Gasteiger partial charge in [-0.15, -0.1) is 0 Å². The van der Waals surface area contributed by atoms with Crippen LogP contribution in [-0.2, 0) is 18.9 Å². The first-order valence-electron chi connectivity index (χ1n) is 11.4. The van der Waals surface area contributed by atoms with Crippen LogP contribution in [0.4, 0.5) is 13.6 Å². The van der Waals surface area contributed by atoms with Crippen molar-refractivity contribution in [3.63, 3.8) is 0 Å². The Bertz CT molecular complexity index is 1200. The first-order chi connectivity index (χ1) is 17.6. The molecule has 2 aromatic carbocycles. The van der Waals surface area contributed by atoms with Gasteiger partial charge in [-0.25, -0.2) is 13.6 Å². The van der Waals surface area contributed by atoms with Crippen molar-refractivity contribution in [2.75, 3.05) is 33.7 Å². The zero-order valence-electron chi connectivity index (χ0n) is 19.6. The molecule has 0 amide bonds. The lowest BCUT2D eigenvalue weighted by Gasteiger charge is -2.54. The summed E-state index contributed by atoms with van der Waals surface area (Å²) in [6, 6.07) is 13.1. The van der Waals surface area contributed by atoms with Crippen LogP contribution in [0.25, 0.3) is 0 Å². The van der Waals surface area contributed by atoms with Gasteiger partial charge in [-0.1, -0.05) is 36.4 Å². The number of carbonyl (C=O) groups excluding carboxylic acids is 1. The maximum absolute atomic E-state index is 14.4. The lowest BCUT2D eigenvalue weighted by molar-refractivity contribution is -0.151. The van der Waals surface area contributed by atoms with Crippen molar-refractivity contribution in [2.45, 2.75) is 12.2 Å². The Balaban J connectivity index is 1.56. The molecule has 3 aliphatic heterocycles. The van der Waals surface area contributed by atoms with Crippen molar-refractivity contribution in [3.8, 4) is 0 Å². The molecule has 0 unspecified atom stereocenters. The third-order valence-corrected chi connectivity index (χ3v) is 6.16. The van der Waals surface area contributed by atoms with Crippen LogP contribution in [0.15, 0.2) is 84.5 Å². The normalized spacial score (nSPS) is 20.0. The zero-order valence-corrected chi connectivity index (χ0v) is 19.6. The Hall–Kier alpha value is -3.89. The lowest BCUT2D eigenvalue weighted by Crippen LogP contribution is -2.62. The van der Waals surface area contributed by atoms with Crippen LogP contribution in [-0.4, -0.2) is 60.9 Å². The van der Waals surface area contributed by atoms with Crippen LogP contribution in [0, 0.1) is 11.6 Å². The smallest absolute Gasteiger partial charge is 0.455 e. The van der Waals surface area contributed by atoms with Gasteiger partial charge in [0.1, 0.15) is 17.6 Å². The number of nitrogens with zero attached hydrogens (tertiary/aromatic N) is 3. The van der Waals surface area contributed by atoms with Gasteiger partial charge in [0.2, 0.25) is 6.79 Å². The number of carbonyl (C=O) groups is 1. The molecule has 1 fully saturated rings. The molecule has 0 spiro atoms. The van der Waals surface area contributed by atoms with Crippen LogP contribution < -0.4 is 0 Å². The number of rotatable bonds is 6. The number of hydrogen-bond donors (Lipinski definition) is 0. The molecular formula is C26H25F2N3O5. The van der Waals surface area contributed by atoms with E-state index < -0.39 is 23.8 Å². The second kappa shape index (κ2) is 10.4. The van der Waals surface area contributed by atoms with Gasteiger partial charge in [0, 0.05) is 18.9 Å². The predicted octanol–water partition coefficient (Wildman–Crippen LogP) is 4.25. The number of morpholine rings is 1. The highest BCUT2D eigenvalue weighted by Crippen LogP contribution is 2.40. The van der Waals surface area contributed by atoms with E-state index in [-0.39, 0.29) is 13.0 Å². The fraction of sp³-hybridized carbons (Fsp3) is 0.269. The van der Waals surface area contributed by atoms with Gasteiger partial charge < -0.3 is 23.8 Å². The van der Waals surface area contributed by atoms with E-state index in [4.69, 9.17) is 14.2 Å². The number of fused-ring (bicyclic) bond motifs is 2. The molecule has 0 bridgehead atoms. The molecule has 36 heavy (non-hydrogen) atoms. The highest BCUT2D eigenvalue weighted by molar-refractivity contribution is 5.59. The molecule has 0 radical (unpaired) electrons. The summed E-state index contributed by atoms with van der Waals surface area (Å²) in [5.74, 6) is -1.36. The summed E-state index contributed by atoms with van der Waals surface area (Å²) in [5.41, 5.74) is 2.15. The van der Waals surface area contributed by atoms with E-state index >= 15 is 0 Å². The van der Waals surface area contributed by atoms with E-state index in [1.165, 1.54) is 13.2 Å². The fourth-order valence-electron chi connectivity index (χ4n) is 4.53. The van der Waals surface area contributed by atoms with E-state index in [1.807, 2.05) is 47.7 Å². The molecule has 2 aromatic rings.